The molecular weight excluding hydrogens is 172 g/mol. The van der Waals surface area contributed by atoms with E-state index in [1.54, 1.807) is 0 Å². The predicted molar refractivity (Wildman–Crippen MR) is 56.5 cm³/mol. The highest BCUT2D eigenvalue weighted by molar-refractivity contribution is 5.35. The highest BCUT2D eigenvalue weighted by Crippen LogP contribution is 2.37. The van der Waals surface area contributed by atoms with Gasteiger partial charge in [-0.1, -0.05) is 24.6 Å². The molecule has 0 radical (unpaired) electrons. The fraction of sp³-hybridized carbons (Fsp3) is 0.538. The van der Waals surface area contributed by atoms with E-state index in [-0.39, 0.29) is 0 Å². The smallest absolute Gasteiger partial charge is 0.122 e. The van der Waals surface area contributed by atoms with E-state index >= 15 is 0 Å². The lowest BCUT2D eigenvalue weighted by molar-refractivity contribution is 0.0752. The van der Waals surface area contributed by atoms with Crippen molar-refractivity contribution in [3.05, 3.63) is 29.8 Å². The summed E-state index contributed by atoms with van der Waals surface area (Å²) in [7, 11) is 0. The lowest BCUT2D eigenvalue weighted by Crippen LogP contribution is -2.35. The molecule has 0 spiro atoms. The highest BCUT2D eigenvalue weighted by atomic mass is 16.5. The van der Waals surface area contributed by atoms with Gasteiger partial charge in [-0.15, -0.1) is 0 Å². The summed E-state index contributed by atoms with van der Waals surface area (Å²) in [4.78, 5) is 0. The lowest BCUT2D eigenvalue weighted by Gasteiger charge is -2.36. The Kier molecular flexibility index (Phi) is 1.97. The molecule has 2 aliphatic rings. The van der Waals surface area contributed by atoms with Crippen LogP contribution in [-0.2, 0) is 6.42 Å². The quantitative estimate of drug-likeness (QED) is 0.607. The zero-order chi connectivity index (χ0) is 9.38. The molecule has 1 heterocycles. The second-order valence-electron chi connectivity index (χ2n) is 4.51. The molecular formula is C13H16O. The number of para-hydroxylation sites is 1. The molecule has 1 aromatic rings. The second kappa shape index (κ2) is 3.30. The molecule has 1 saturated carbocycles. The SMILES string of the molecule is c1ccc2c(c1)C[C@@H]1CCCC[C@@H]1O2. The van der Waals surface area contributed by atoms with Gasteiger partial charge in [0, 0.05) is 0 Å². The summed E-state index contributed by atoms with van der Waals surface area (Å²) in [6.07, 6.45) is 7.12. The van der Waals surface area contributed by atoms with E-state index in [0.717, 1.165) is 11.7 Å². The van der Waals surface area contributed by atoms with Gasteiger partial charge in [0.25, 0.3) is 0 Å². The summed E-state index contributed by atoms with van der Waals surface area (Å²) in [5.74, 6) is 1.93. The van der Waals surface area contributed by atoms with Gasteiger partial charge >= 0.3 is 0 Å². The Morgan fingerprint density at radius 3 is 2.93 bits per heavy atom. The zero-order valence-electron chi connectivity index (χ0n) is 8.41. The Bertz CT molecular complexity index is 299. The van der Waals surface area contributed by atoms with Crippen LogP contribution in [0, 0.1) is 5.92 Å². The fourth-order valence-electron chi connectivity index (χ4n) is 2.80. The van der Waals surface area contributed by atoms with Gasteiger partial charge in [-0.2, -0.15) is 0 Å². The van der Waals surface area contributed by atoms with Crippen LogP contribution in [0.5, 0.6) is 5.75 Å². The van der Waals surface area contributed by atoms with Gasteiger partial charge in [-0.3, -0.25) is 0 Å². The van der Waals surface area contributed by atoms with Crippen molar-refractivity contribution in [2.75, 3.05) is 0 Å². The van der Waals surface area contributed by atoms with E-state index < -0.39 is 0 Å². The first-order chi connectivity index (χ1) is 6.93. The van der Waals surface area contributed by atoms with Crippen LogP contribution in [0.15, 0.2) is 24.3 Å². The lowest BCUT2D eigenvalue weighted by atomic mass is 9.80. The fourth-order valence-corrected chi connectivity index (χ4v) is 2.80. The van der Waals surface area contributed by atoms with Crippen molar-refractivity contribution < 1.29 is 4.74 Å². The first kappa shape index (κ1) is 8.34. The molecule has 1 fully saturated rings. The van der Waals surface area contributed by atoms with E-state index in [2.05, 4.69) is 24.3 Å². The minimum atomic E-state index is 0.513. The second-order valence-corrected chi connectivity index (χ2v) is 4.51. The largest absolute Gasteiger partial charge is 0.490 e. The maximum absolute atomic E-state index is 6.04. The molecule has 0 aromatic heterocycles. The summed E-state index contributed by atoms with van der Waals surface area (Å²) in [6.45, 7) is 0. The van der Waals surface area contributed by atoms with Gasteiger partial charge in [0.2, 0.25) is 0 Å². The van der Waals surface area contributed by atoms with E-state index in [0.29, 0.717) is 6.10 Å². The Hall–Kier alpha value is -0.980. The van der Waals surface area contributed by atoms with Gasteiger partial charge < -0.3 is 4.74 Å². The number of ether oxygens (including phenoxy) is 1. The molecule has 3 rings (SSSR count). The molecule has 2 atom stereocenters. The Morgan fingerprint density at radius 1 is 1.07 bits per heavy atom. The van der Waals surface area contributed by atoms with Crippen molar-refractivity contribution >= 4 is 0 Å². The van der Waals surface area contributed by atoms with Crippen molar-refractivity contribution in [3.63, 3.8) is 0 Å². The van der Waals surface area contributed by atoms with Crippen LogP contribution < -0.4 is 4.74 Å². The molecule has 0 unspecified atom stereocenters. The number of benzene rings is 1. The third kappa shape index (κ3) is 1.31. The third-order valence-electron chi connectivity index (χ3n) is 3.57. The maximum Gasteiger partial charge on any atom is 0.122 e. The topological polar surface area (TPSA) is 9.23 Å². The maximum atomic E-state index is 6.04. The average molecular weight is 188 g/mol. The number of hydrogen-bond donors (Lipinski definition) is 0. The van der Waals surface area contributed by atoms with Gasteiger partial charge in [0.15, 0.2) is 0 Å². The van der Waals surface area contributed by atoms with E-state index in [4.69, 9.17) is 4.74 Å². The molecule has 0 N–H and O–H groups in total. The average Bonchev–Trinajstić information content (AvgIpc) is 2.26. The van der Waals surface area contributed by atoms with Crippen LogP contribution >= 0.6 is 0 Å². The van der Waals surface area contributed by atoms with Crippen molar-refractivity contribution in [1.29, 1.82) is 0 Å². The number of fused-ring (bicyclic) bond motifs is 2. The minimum Gasteiger partial charge on any atom is -0.490 e. The van der Waals surface area contributed by atoms with Gasteiger partial charge in [0.05, 0.1) is 0 Å². The number of rotatable bonds is 0. The summed E-state index contributed by atoms with van der Waals surface area (Å²) in [6, 6.07) is 8.51. The molecule has 1 aliphatic heterocycles. The third-order valence-corrected chi connectivity index (χ3v) is 3.57. The molecule has 1 aromatic carbocycles. The summed E-state index contributed by atoms with van der Waals surface area (Å²) in [5, 5.41) is 0. The molecule has 1 aliphatic carbocycles. The molecule has 1 heteroatoms. The standard InChI is InChI=1S/C13H16O/c1-3-7-12-10(5-1)9-11-6-2-4-8-13(11)14-12/h1,3,5,7,11,13H,2,4,6,8-9H2/t11-,13-/m0/s1. The molecule has 74 valence electrons. The van der Waals surface area contributed by atoms with Crippen molar-refractivity contribution in [1.82, 2.24) is 0 Å². The van der Waals surface area contributed by atoms with Crippen molar-refractivity contribution in [3.8, 4) is 5.75 Å². The normalized spacial score (nSPS) is 30.0. The van der Waals surface area contributed by atoms with Crippen LogP contribution in [0.4, 0.5) is 0 Å². The predicted octanol–water partition coefficient (Wildman–Crippen LogP) is 3.18. The van der Waals surface area contributed by atoms with Crippen molar-refractivity contribution in [2.24, 2.45) is 5.92 Å². The summed E-state index contributed by atoms with van der Waals surface area (Å²) < 4.78 is 6.04. The van der Waals surface area contributed by atoms with Gasteiger partial charge in [0.1, 0.15) is 11.9 Å². The van der Waals surface area contributed by atoms with Crippen molar-refractivity contribution in [2.45, 2.75) is 38.2 Å². The first-order valence-corrected chi connectivity index (χ1v) is 5.68. The Labute approximate surface area is 85.1 Å². The summed E-state index contributed by atoms with van der Waals surface area (Å²) in [5.41, 5.74) is 1.41. The molecule has 0 amide bonds. The number of hydrogen-bond acceptors (Lipinski definition) is 1. The zero-order valence-corrected chi connectivity index (χ0v) is 8.41. The van der Waals surface area contributed by atoms with Crippen LogP contribution in [0.3, 0.4) is 0 Å². The summed E-state index contributed by atoms with van der Waals surface area (Å²) >= 11 is 0. The Balaban J connectivity index is 1.91. The molecule has 0 saturated heterocycles. The highest BCUT2D eigenvalue weighted by Gasteiger charge is 2.31. The molecule has 1 nitrogen and oxygen atoms in total. The van der Waals surface area contributed by atoms with Crippen LogP contribution in [0.2, 0.25) is 0 Å². The van der Waals surface area contributed by atoms with E-state index in [1.165, 1.54) is 37.7 Å². The van der Waals surface area contributed by atoms with E-state index in [1.807, 2.05) is 0 Å². The van der Waals surface area contributed by atoms with Gasteiger partial charge in [-0.25, -0.2) is 0 Å². The van der Waals surface area contributed by atoms with E-state index in [9.17, 15) is 0 Å². The van der Waals surface area contributed by atoms with Crippen LogP contribution in [-0.4, -0.2) is 6.10 Å². The minimum absolute atomic E-state index is 0.513. The van der Waals surface area contributed by atoms with Crippen LogP contribution in [0.1, 0.15) is 31.2 Å². The first-order valence-electron chi connectivity index (χ1n) is 5.68. The van der Waals surface area contributed by atoms with Gasteiger partial charge in [-0.05, 0) is 43.2 Å². The van der Waals surface area contributed by atoms with Crippen LogP contribution in [0.25, 0.3) is 0 Å². The monoisotopic (exact) mass is 188 g/mol. The molecule has 0 bridgehead atoms. The molecule has 14 heavy (non-hydrogen) atoms. The Morgan fingerprint density at radius 2 is 1.93 bits per heavy atom.